The number of aromatic nitrogens is 3. The molecule has 3 heterocycles. The second-order valence-electron chi connectivity index (χ2n) is 5.83. The van der Waals surface area contributed by atoms with E-state index in [4.69, 9.17) is 4.74 Å². The summed E-state index contributed by atoms with van der Waals surface area (Å²) in [6.07, 6.45) is 3.46. The van der Waals surface area contributed by atoms with Gasteiger partial charge in [0, 0.05) is 11.8 Å². The number of carbonyl (C=O) groups excluding carboxylic acids is 1. The molecule has 8 heteroatoms. The van der Waals surface area contributed by atoms with Gasteiger partial charge in [-0.05, 0) is 31.2 Å². The molecule has 0 saturated carbocycles. The number of ether oxygens (including phenoxy) is 1. The van der Waals surface area contributed by atoms with Gasteiger partial charge in [0.05, 0.1) is 25.3 Å². The molecule has 0 aliphatic carbocycles. The number of anilines is 2. The van der Waals surface area contributed by atoms with Crippen LogP contribution in [-0.2, 0) is 4.79 Å². The van der Waals surface area contributed by atoms with Crippen molar-refractivity contribution in [2.24, 2.45) is 0 Å². The number of nitrogens with zero attached hydrogens (tertiary/aromatic N) is 3. The first-order valence-electron chi connectivity index (χ1n) is 7.93. The van der Waals surface area contributed by atoms with E-state index in [1.54, 1.807) is 29.0 Å². The van der Waals surface area contributed by atoms with Gasteiger partial charge in [-0.15, -0.1) is 0 Å². The Morgan fingerprint density at radius 1 is 1.36 bits per heavy atom. The summed E-state index contributed by atoms with van der Waals surface area (Å²) in [4.78, 5) is 16.6. The Morgan fingerprint density at radius 3 is 3.12 bits per heavy atom. The molecule has 128 valence electrons. The summed E-state index contributed by atoms with van der Waals surface area (Å²) in [7, 11) is 0. The van der Waals surface area contributed by atoms with Crippen molar-refractivity contribution in [2.75, 3.05) is 17.2 Å². The maximum Gasteiger partial charge on any atom is 0.227 e. The minimum Gasteiger partial charge on any atom is -0.493 e. The first-order chi connectivity index (χ1) is 12.1. The van der Waals surface area contributed by atoms with Crippen molar-refractivity contribution in [1.82, 2.24) is 14.6 Å². The van der Waals surface area contributed by atoms with Crippen LogP contribution in [0.2, 0.25) is 0 Å². The average Bonchev–Trinajstić information content (AvgIpc) is 2.97. The first kappa shape index (κ1) is 15.4. The number of nitrogens with one attached hydrogen (secondary N) is 2. The molecule has 0 spiro atoms. The van der Waals surface area contributed by atoms with Crippen LogP contribution in [0.4, 0.5) is 15.9 Å². The number of carbonyl (C=O) groups is 1. The van der Waals surface area contributed by atoms with E-state index in [2.05, 4.69) is 20.7 Å². The van der Waals surface area contributed by atoms with Gasteiger partial charge in [0.1, 0.15) is 23.1 Å². The summed E-state index contributed by atoms with van der Waals surface area (Å²) in [5, 5.41) is 10.2. The van der Waals surface area contributed by atoms with Crippen LogP contribution in [0.25, 0.3) is 5.65 Å². The van der Waals surface area contributed by atoms with Crippen molar-refractivity contribution in [1.29, 1.82) is 0 Å². The third kappa shape index (κ3) is 2.98. The molecule has 1 aliphatic heterocycles. The summed E-state index contributed by atoms with van der Waals surface area (Å²) in [6, 6.07) is 5.87. The molecule has 4 rings (SSSR count). The number of hydrogen-bond donors (Lipinski definition) is 2. The molecule has 0 fully saturated rings. The lowest BCUT2D eigenvalue weighted by molar-refractivity contribution is -0.116. The van der Waals surface area contributed by atoms with Gasteiger partial charge in [-0.3, -0.25) is 4.79 Å². The molecule has 1 aromatic carbocycles. The van der Waals surface area contributed by atoms with Gasteiger partial charge in [0.25, 0.3) is 0 Å². The van der Waals surface area contributed by atoms with E-state index in [9.17, 15) is 9.18 Å². The molecule has 1 aliphatic rings. The maximum absolute atomic E-state index is 13.7. The van der Waals surface area contributed by atoms with Crippen LogP contribution >= 0.6 is 0 Å². The number of fused-ring (bicyclic) bond motifs is 2. The van der Waals surface area contributed by atoms with Crippen LogP contribution in [0.3, 0.4) is 0 Å². The van der Waals surface area contributed by atoms with Gasteiger partial charge in [-0.25, -0.2) is 13.9 Å². The minimum atomic E-state index is -0.348. The van der Waals surface area contributed by atoms with Crippen LogP contribution in [-0.4, -0.2) is 27.1 Å². The quantitative estimate of drug-likeness (QED) is 0.657. The van der Waals surface area contributed by atoms with Gasteiger partial charge in [-0.2, -0.15) is 5.10 Å². The van der Waals surface area contributed by atoms with Crippen molar-refractivity contribution >= 4 is 23.1 Å². The Labute approximate surface area is 142 Å². The van der Waals surface area contributed by atoms with Crippen molar-refractivity contribution in [3.05, 3.63) is 48.0 Å². The second kappa shape index (κ2) is 6.04. The van der Waals surface area contributed by atoms with Crippen LogP contribution < -0.4 is 15.4 Å². The van der Waals surface area contributed by atoms with Crippen LogP contribution in [0.5, 0.6) is 5.75 Å². The van der Waals surface area contributed by atoms with E-state index in [1.807, 2.05) is 6.92 Å². The Kier molecular flexibility index (Phi) is 3.72. The fourth-order valence-corrected chi connectivity index (χ4v) is 2.79. The molecule has 25 heavy (non-hydrogen) atoms. The van der Waals surface area contributed by atoms with Crippen molar-refractivity contribution in [3.63, 3.8) is 0 Å². The lowest BCUT2D eigenvalue weighted by Gasteiger charge is -2.19. The smallest absolute Gasteiger partial charge is 0.227 e. The standard InChI is InChI=1S/C17H16FN5O2/c1-10-12-8-11(18)2-3-14(12)25-7-5-16(24)21-13-9-19-23-6-4-15(20-10)22-17(13)23/h2-4,6,8-10H,5,7H2,1H3,(H,20,22)(H,21,24)/t10-/m0/s1. The Bertz CT molecular complexity index is 955. The van der Waals surface area contributed by atoms with Crippen LogP contribution in [0.15, 0.2) is 36.7 Å². The zero-order chi connectivity index (χ0) is 17.4. The van der Waals surface area contributed by atoms with Gasteiger partial charge >= 0.3 is 0 Å². The Hall–Kier alpha value is -3.16. The van der Waals surface area contributed by atoms with Gasteiger partial charge in [-0.1, -0.05) is 0 Å². The molecule has 2 N–H and O–H groups in total. The predicted molar refractivity (Wildman–Crippen MR) is 90.2 cm³/mol. The lowest BCUT2D eigenvalue weighted by atomic mass is 10.1. The first-order valence-corrected chi connectivity index (χ1v) is 7.93. The van der Waals surface area contributed by atoms with Crippen molar-refractivity contribution in [2.45, 2.75) is 19.4 Å². The Balaban J connectivity index is 1.79. The number of amides is 1. The summed E-state index contributed by atoms with van der Waals surface area (Å²) >= 11 is 0. The van der Waals surface area contributed by atoms with Crippen molar-refractivity contribution in [3.8, 4) is 5.75 Å². The second-order valence-corrected chi connectivity index (χ2v) is 5.83. The highest BCUT2D eigenvalue weighted by Gasteiger charge is 2.17. The molecule has 2 bridgehead atoms. The molecule has 1 amide bonds. The minimum absolute atomic E-state index is 0.162. The third-order valence-electron chi connectivity index (χ3n) is 4.03. The van der Waals surface area contributed by atoms with Gasteiger partial charge < -0.3 is 15.4 Å². The fraction of sp³-hybridized carbons (Fsp3) is 0.235. The third-order valence-corrected chi connectivity index (χ3v) is 4.03. The number of halogens is 1. The molecule has 2 aromatic heterocycles. The highest BCUT2D eigenvalue weighted by Crippen LogP contribution is 2.29. The number of rotatable bonds is 0. The van der Waals surface area contributed by atoms with Gasteiger partial charge in [0.2, 0.25) is 5.91 Å². The molecular formula is C17H16FN5O2. The van der Waals surface area contributed by atoms with Crippen LogP contribution in [0, 0.1) is 5.82 Å². The van der Waals surface area contributed by atoms with E-state index in [-0.39, 0.29) is 30.8 Å². The number of hydrogen-bond acceptors (Lipinski definition) is 5. The normalized spacial score (nSPS) is 17.5. The van der Waals surface area contributed by atoms with E-state index in [0.717, 1.165) is 0 Å². The fourth-order valence-electron chi connectivity index (χ4n) is 2.79. The molecule has 0 radical (unpaired) electrons. The summed E-state index contributed by atoms with van der Waals surface area (Å²) < 4.78 is 21.0. The van der Waals surface area contributed by atoms with Gasteiger partial charge in [0.15, 0.2) is 5.65 Å². The Morgan fingerprint density at radius 2 is 2.24 bits per heavy atom. The maximum atomic E-state index is 13.7. The zero-order valence-corrected chi connectivity index (χ0v) is 13.5. The van der Waals surface area contributed by atoms with E-state index >= 15 is 0 Å². The van der Waals surface area contributed by atoms with E-state index < -0.39 is 0 Å². The SMILES string of the molecule is C[C@@H]1Nc2ccn3ncc(c3n2)NC(=O)CCOc2ccc(F)cc21. The van der Waals surface area contributed by atoms with Crippen LogP contribution in [0.1, 0.15) is 24.9 Å². The highest BCUT2D eigenvalue weighted by atomic mass is 19.1. The number of benzene rings is 1. The molecular weight excluding hydrogens is 325 g/mol. The summed E-state index contributed by atoms with van der Waals surface area (Å²) in [5.41, 5.74) is 1.73. The summed E-state index contributed by atoms with van der Waals surface area (Å²) in [5.74, 6) is 0.577. The lowest BCUT2D eigenvalue weighted by Crippen LogP contribution is -2.15. The van der Waals surface area contributed by atoms with Crippen molar-refractivity contribution < 1.29 is 13.9 Å². The van der Waals surface area contributed by atoms with E-state index in [0.29, 0.717) is 28.5 Å². The predicted octanol–water partition coefficient (Wildman–Crippen LogP) is 2.76. The largest absolute Gasteiger partial charge is 0.493 e. The molecule has 0 saturated heterocycles. The molecule has 0 unspecified atom stereocenters. The molecule has 7 nitrogen and oxygen atoms in total. The average molecular weight is 341 g/mol. The molecule has 3 aromatic rings. The topological polar surface area (TPSA) is 80.5 Å². The molecule has 1 atom stereocenters. The zero-order valence-electron chi connectivity index (χ0n) is 13.5. The summed E-state index contributed by atoms with van der Waals surface area (Å²) in [6.45, 7) is 2.08. The monoisotopic (exact) mass is 341 g/mol. The highest BCUT2D eigenvalue weighted by molar-refractivity contribution is 5.94. The van der Waals surface area contributed by atoms with E-state index in [1.165, 1.54) is 12.1 Å².